The third kappa shape index (κ3) is 2.63. The Morgan fingerprint density at radius 2 is 1.91 bits per heavy atom. The van der Waals surface area contributed by atoms with Crippen molar-refractivity contribution in [2.75, 3.05) is 0 Å². The van der Waals surface area contributed by atoms with E-state index in [4.69, 9.17) is 0 Å². The lowest BCUT2D eigenvalue weighted by molar-refractivity contribution is 0.282. The Morgan fingerprint density at radius 1 is 1.09 bits per heavy atom. The minimum absolute atomic E-state index is 0.00173. The van der Waals surface area contributed by atoms with Crippen molar-refractivity contribution >= 4 is 17.2 Å². The molecule has 0 saturated heterocycles. The van der Waals surface area contributed by atoms with Gasteiger partial charge in [-0.3, -0.25) is 4.40 Å². The lowest BCUT2D eigenvalue weighted by Gasteiger charge is -2.01. The molecule has 0 aliphatic carbocycles. The Morgan fingerprint density at radius 3 is 2.68 bits per heavy atom. The molecule has 0 spiro atoms. The molecular weight excluding hydrogens is 276 g/mol. The highest BCUT2D eigenvalue weighted by molar-refractivity contribution is 5.54. The van der Waals surface area contributed by atoms with Crippen LogP contribution in [0.1, 0.15) is 22.4 Å². The number of benzene rings is 1. The number of rotatable bonds is 3. The zero-order valence-corrected chi connectivity index (χ0v) is 12.9. The summed E-state index contributed by atoms with van der Waals surface area (Å²) in [6, 6.07) is 9.82. The average molecular weight is 294 g/mol. The summed E-state index contributed by atoms with van der Waals surface area (Å²) < 4.78 is 1.88. The van der Waals surface area contributed by atoms with E-state index in [0.29, 0.717) is 5.82 Å². The van der Waals surface area contributed by atoms with Gasteiger partial charge in [-0.15, -0.1) is 10.2 Å². The topological polar surface area (TPSA) is 62.2 Å². The molecule has 0 saturated carbocycles. The molecule has 0 atom stereocenters. The SMILES string of the molecule is Cc1ccc(C)c(N=Nc2c(C)nc3cc(CO)ccn23)c1. The molecule has 0 radical (unpaired) electrons. The van der Waals surface area contributed by atoms with Crippen LogP contribution in [0.25, 0.3) is 5.65 Å². The number of hydrogen-bond donors (Lipinski definition) is 1. The largest absolute Gasteiger partial charge is 0.392 e. The number of nitrogens with zero attached hydrogens (tertiary/aromatic N) is 4. The number of imidazole rings is 1. The molecule has 5 nitrogen and oxygen atoms in total. The summed E-state index contributed by atoms with van der Waals surface area (Å²) in [5.74, 6) is 0.709. The van der Waals surface area contributed by atoms with Gasteiger partial charge >= 0.3 is 0 Å². The van der Waals surface area contributed by atoms with Crippen LogP contribution in [0.5, 0.6) is 0 Å². The van der Waals surface area contributed by atoms with E-state index in [1.807, 2.05) is 55.6 Å². The van der Waals surface area contributed by atoms with Crippen molar-refractivity contribution in [3.05, 3.63) is 58.9 Å². The quantitative estimate of drug-likeness (QED) is 0.737. The van der Waals surface area contributed by atoms with Gasteiger partial charge in [0.05, 0.1) is 18.0 Å². The summed E-state index contributed by atoms with van der Waals surface area (Å²) >= 11 is 0. The summed E-state index contributed by atoms with van der Waals surface area (Å²) in [7, 11) is 0. The van der Waals surface area contributed by atoms with E-state index >= 15 is 0 Å². The van der Waals surface area contributed by atoms with Gasteiger partial charge in [0, 0.05) is 6.20 Å². The van der Waals surface area contributed by atoms with Crippen LogP contribution in [-0.2, 0) is 6.61 Å². The monoisotopic (exact) mass is 294 g/mol. The third-order valence-corrected chi connectivity index (χ3v) is 3.63. The van der Waals surface area contributed by atoms with E-state index in [-0.39, 0.29) is 6.61 Å². The second-order valence-electron chi connectivity index (χ2n) is 5.43. The standard InChI is InChI=1S/C17H18N4O/c1-11-4-5-12(2)15(8-11)19-20-17-13(3)18-16-9-14(10-22)6-7-21(16)17/h4-9,22H,10H2,1-3H3. The van der Waals surface area contributed by atoms with Crippen LogP contribution in [0.3, 0.4) is 0 Å². The Bertz CT molecular complexity index is 864. The zero-order chi connectivity index (χ0) is 15.7. The van der Waals surface area contributed by atoms with Gasteiger partial charge in [-0.2, -0.15) is 0 Å². The van der Waals surface area contributed by atoms with Crippen LogP contribution in [0.15, 0.2) is 46.8 Å². The summed E-state index contributed by atoms with van der Waals surface area (Å²) in [5.41, 5.74) is 5.50. The number of azo groups is 1. The third-order valence-electron chi connectivity index (χ3n) is 3.63. The van der Waals surface area contributed by atoms with Gasteiger partial charge in [-0.1, -0.05) is 12.1 Å². The van der Waals surface area contributed by atoms with Crippen molar-refractivity contribution < 1.29 is 5.11 Å². The van der Waals surface area contributed by atoms with Gasteiger partial charge in [0.25, 0.3) is 0 Å². The van der Waals surface area contributed by atoms with Crippen molar-refractivity contribution in [3.63, 3.8) is 0 Å². The molecule has 1 aromatic carbocycles. The second-order valence-corrected chi connectivity index (χ2v) is 5.43. The molecule has 0 unspecified atom stereocenters. The highest BCUT2D eigenvalue weighted by Gasteiger charge is 2.08. The first-order chi connectivity index (χ1) is 10.6. The van der Waals surface area contributed by atoms with Gasteiger partial charge in [0.1, 0.15) is 5.65 Å². The normalized spacial score (nSPS) is 11.6. The van der Waals surface area contributed by atoms with Crippen molar-refractivity contribution in [1.82, 2.24) is 9.38 Å². The molecule has 3 rings (SSSR count). The maximum absolute atomic E-state index is 9.20. The molecule has 0 aliphatic rings. The van der Waals surface area contributed by atoms with Crippen molar-refractivity contribution in [3.8, 4) is 0 Å². The summed E-state index contributed by atoms with van der Waals surface area (Å²) in [6.45, 7) is 5.96. The van der Waals surface area contributed by atoms with Crippen LogP contribution in [0.2, 0.25) is 0 Å². The fourth-order valence-corrected chi connectivity index (χ4v) is 2.34. The average Bonchev–Trinajstić information content (AvgIpc) is 2.82. The van der Waals surface area contributed by atoms with Gasteiger partial charge in [0.2, 0.25) is 0 Å². The molecule has 112 valence electrons. The smallest absolute Gasteiger partial charge is 0.182 e. The number of aliphatic hydroxyl groups excluding tert-OH is 1. The minimum atomic E-state index is 0.00173. The van der Waals surface area contributed by atoms with Gasteiger partial charge in [0.15, 0.2) is 5.82 Å². The second kappa shape index (κ2) is 5.69. The number of aryl methyl sites for hydroxylation is 3. The predicted molar refractivity (Wildman–Crippen MR) is 85.9 cm³/mol. The Kier molecular flexibility index (Phi) is 3.73. The number of fused-ring (bicyclic) bond motifs is 1. The molecule has 2 heterocycles. The van der Waals surface area contributed by atoms with Crippen molar-refractivity contribution in [2.45, 2.75) is 27.4 Å². The van der Waals surface area contributed by atoms with Crippen LogP contribution in [-0.4, -0.2) is 14.5 Å². The van der Waals surface area contributed by atoms with Crippen molar-refractivity contribution in [2.24, 2.45) is 10.2 Å². The molecule has 0 bridgehead atoms. The summed E-state index contributed by atoms with van der Waals surface area (Å²) in [5, 5.41) is 18.0. The van der Waals surface area contributed by atoms with Crippen LogP contribution in [0, 0.1) is 20.8 Å². The molecule has 22 heavy (non-hydrogen) atoms. The lowest BCUT2D eigenvalue weighted by atomic mass is 10.1. The van der Waals surface area contributed by atoms with Crippen LogP contribution in [0.4, 0.5) is 11.5 Å². The number of pyridine rings is 1. The molecule has 0 amide bonds. The van der Waals surface area contributed by atoms with Crippen LogP contribution >= 0.6 is 0 Å². The highest BCUT2D eigenvalue weighted by atomic mass is 16.3. The molecule has 0 aliphatic heterocycles. The van der Waals surface area contributed by atoms with Gasteiger partial charge in [-0.05, 0) is 55.7 Å². The van der Waals surface area contributed by atoms with E-state index in [0.717, 1.165) is 33.7 Å². The van der Waals surface area contributed by atoms with E-state index in [1.165, 1.54) is 0 Å². The first kappa shape index (κ1) is 14.4. The minimum Gasteiger partial charge on any atom is -0.392 e. The lowest BCUT2D eigenvalue weighted by Crippen LogP contribution is -1.88. The molecule has 1 N–H and O–H groups in total. The summed E-state index contributed by atoms with van der Waals surface area (Å²) in [4.78, 5) is 4.47. The van der Waals surface area contributed by atoms with Crippen molar-refractivity contribution in [1.29, 1.82) is 0 Å². The maximum atomic E-state index is 9.20. The Balaban J connectivity index is 2.05. The van der Waals surface area contributed by atoms with Gasteiger partial charge in [-0.25, -0.2) is 4.98 Å². The van der Waals surface area contributed by atoms with E-state index in [2.05, 4.69) is 21.3 Å². The van der Waals surface area contributed by atoms with Crippen LogP contribution < -0.4 is 0 Å². The van der Waals surface area contributed by atoms with E-state index in [1.54, 1.807) is 0 Å². The van der Waals surface area contributed by atoms with E-state index in [9.17, 15) is 5.11 Å². The highest BCUT2D eigenvalue weighted by Crippen LogP contribution is 2.26. The zero-order valence-electron chi connectivity index (χ0n) is 12.9. The summed E-state index contributed by atoms with van der Waals surface area (Å²) in [6.07, 6.45) is 1.86. The first-order valence-corrected chi connectivity index (χ1v) is 7.16. The number of aliphatic hydroxyl groups is 1. The number of aromatic nitrogens is 2. The maximum Gasteiger partial charge on any atom is 0.182 e. The first-order valence-electron chi connectivity index (χ1n) is 7.16. The fourth-order valence-electron chi connectivity index (χ4n) is 2.34. The molecule has 3 aromatic rings. The Labute approximate surface area is 129 Å². The predicted octanol–water partition coefficient (Wildman–Crippen LogP) is 4.17. The molecule has 5 heteroatoms. The fraction of sp³-hybridized carbons (Fsp3) is 0.235. The molecule has 2 aromatic heterocycles. The molecule has 0 fully saturated rings. The Hall–Kier alpha value is -2.53. The van der Waals surface area contributed by atoms with Gasteiger partial charge < -0.3 is 5.11 Å². The number of hydrogen-bond acceptors (Lipinski definition) is 4. The van der Waals surface area contributed by atoms with E-state index < -0.39 is 0 Å². The molecular formula is C17H18N4O.